The first-order valence-electron chi connectivity index (χ1n) is 5.72. The molecule has 0 radical (unpaired) electrons. The Labute approximate surface area is 103 Å². The van der Waals surface area contributed by atoms with Crippen molar-refractivity contribution in [3.63, 3.8) is 0 Å². The molecule has 2 aromatic rings. The zero-order chi connectivity index (χ0) is 12.5. The van der Waals surface area contributed by atoms with Crippen LogP contribution in [0.1, 0.15) is 24.4 Å². The van der Waals surface area contributed by atoms with Crippen LogP contribution in [0.25, 0.3) is 5.69 Å². The van der Waals surface area contributed by atoms with E-state index in [4.69, 9.17) is 0 Å². The largest absolute Gasteiger partial charge is 0.336 e. The van der Waals surface area contributed by atoms with Gasteiger partial charge in [-0.05, 0) is 6.92 Å². The third-order valence-electron chi connectivity index (χ3n) is 3.22. The predicted molar refractivity (Wildman–Crippen MR) is 61.8 cm³/mol. The van der Waals surface area contributed by atoms with Gasteiger partial charge in [-0.3, -0.25) is 4.79 Å². The molecule has 7 nitrogen and oxygen atoms in total. The SMILES string of the molecule is CC1c2nnn(-c3cncnc3)c2CCN1C=O. The third-order valence-corrected chi connectivity index (χ3v) is 3.22. The van der Waals surface area contributed by atoms with Crippen molar-refractivity contribution in [2.24, 2.45) is 0 Å². The monoisotopic (exact) mass is 244 g/mol. The van der Waals surface area contributed by atoms with Crippen LogP contribution in [0.2, 0.25) is 0 Å². The number of nitrogens with zero attached hydrogens (tertiary/aromatic N) is 6. The van der Waals surface area contributed by atoms with Crippen molar-refractivity contribution in [3.8, 4) is 5.69 Å². The van der Waals surface area contributed by atoms with Gasteiger partial charge in [0, 0.05) is 13.0 Å². The first-order chi connectivity index (χ1) is 8.81. The van der Waals surface area contributed by atoms with Gasteiger partial charge in [-0.2, -0.15) is 0 Å². The summed E-state index contributed by atoms with van der Waals surface area (Å²) in [6.45, 7) is 2.63. The van der Waals surface area contributed by atoms with Gasteiger partial charge < -0.3 is 4.90 Å². The summed E-state index contributed by atoms with van der Waals surface area (Å²) in [6.07, 6.45) is 6.46. The molecule has 1 unspecified atom stereocenters. The van der Waals surface area contributed by atoms with Crippen LogP contribution in [-0.2, 0) is 11.2 Å². The second-order valence-electron chi connectivity index (χ2n) is 4.20. The summed E-state index contributed by atoms with van der Waals surface area (Å²) in [5, 5.41) is 8.30. The molecule has 0 N–H and O–H groups in total. The van der Waals surface area contributed by atoms with Gasteiger partial charge in [-0.25, -0.2) is 14.6 Å². The lowest BCUT2D eigenvalue weighted by atomic mass is 10.1. The third kappa shape index (κ3) is 1.55. The lowest BCUT2D eigenvalue weighted by Crippen LogP contribution is -2.33. The minimum absolute atomic E-state index is 0.0374. The van der Waals surface area contributed by atoms with Crippen LogP contribution in [0, 0.1) is 0 Å². The van der Waals surface area contributed by atoms with Crippen molar-refractivity contribution in [2.75, 3.05) is 6.54 Å². The number of carbonyl (C=O) groups is 1. The van der Waals surface area contributed by atoms with Crippen molar-refractivity contribution in [1.82, 2.24) is 29.9 Å². The Morgan fingerprint density at radius 1 is 1.39 bits per heavy atom. The van der Waals surface area contributed by atoms with E-state index in [1.54, 1.807) is 22.0 Å². The van der Waals surface area contributed by atoms with E-state index >= 15 is 0 Å². The molecule has 0 fully saturated rings. The maximum absolute atomic E-state index is 10.9. The van der Waals surface area contributed by atoms with E-state index < -0.39 is 0 Å². The number of amides is 1. The van der Waals surface area contributed by atoms with Gasteiger partial charge in [-0.1, -0.05) is 5.21 Å². The average Bonchev–Trinajstić information content (AvgIpc) is 2.85. The van der Waals surface area contributed by atoms with Gasteiger partial charge in [0.25, 0.3) is 0 Å². The van der Waals surface area contributed by atoms with E-state index in [2.05, 4.69) is 20.3 Å². The summed E-state index contributed by atoms with van der Waals surface area (Å²) < 4.78 is 1.74. The zero-order valence-corrected chi connectivity index (χ0v) is 9.89. The number of aromatic nitrogens is 5. The molecule has 0 spiro atoms. The van der Waals surface area contributed by atoms with Crippen LogP contribution in [0.5, 0.6) is 0 Å². The molecule has 18 heavy (non-hydrogen) atoms. The van der Waals surface area contributed by atoms with E-state index in [1.165, 1.54) is 6.33 Å². The van der Waals surface area contributed by atoms with E-state index in [0.717, 1.165) is 29.9 Å². The highest BCUT2D eigenvalue weighted by molar-refractivity contribution is 5.49. The van der Waals surface area contributed by atoms with Gasteiger partial charge in [0.05, 0.1) is 24.1 Å². The number of fused-ring (bicyclic) bond motifs is 1. The fourth-order valence-corrected chi connectivity index (χ4v) is 2.21. The van der Waals surface area contributed by atoms with Crippen molar-refractivity contribution in [2.45, 2.75) is 19.4 Å². The molecule has 92 valence electrons. The minimum Gasteiger partial charge on any atom is -0.336 e. The summed E-state index contributed by atoms with van der Waals surface area (Å²) >= 11 is 0. The number of hydrogen-bond donors (Lipinski definition) is 0. The van der Waals surface area contributed by atoms with Crippen molar-refractivity contribution < 1.29 is 4.79 Å². The molecule has 1 aliphatic rings. The number of rotatable bonds is 2. The molecular formula is C11H12N6O. The Kier molecular flexibility index (Phi) is 2.51. The van der Waals surface area contributed by atoms with Gasteiger partial charge in [0.1, 0.15) is 17.7 Å². The fourth-order valence-electron chi connectivity index (χ4n) is 2.21. The Morgan fingerprint density at radius 2 is 2.17 bits per heavy atom. The molecule has 3 rings (SSSR count). The second kappa shape index (κ2) is 4.17. The van der Waals surface area contributed by atoms with Crippen LogP contribution in [0.3, 0.4) is 0 Å². The summed E-state index contributed by atoms with van der Waals surface area (Å²) in [5.74, 6) is 0. The van der Waals surface area contributed by atoms with E-state index in [9.17, 15) is 4.79 Å². The summed E-state index contributed by atoms with van der Waals surface area (Å²) in [6, 6.07) is -0.0374. The van der Waals surface area contributed by atoms with Gasteiger partial charge >= 0.3 is 0 Å². The number of hydrogen-bond acceptors (Lipinski definition) is 5. The molecule has 7 heteroatoms. The minimum atomic E-state index is -0.0374. The fraction of sp³-hybridized carbons (Fsp3) is 0.364. The summed E-state index contributed by atoms with van der Waals surface area (Å²) in [7, 11) is 0. The van der Waals surface area contributed by atoms with E-state index in [-0.39, 0.29) is 6.04 Å². The molecule has 2 aromatic heterocycles. The lowest BCUT2D eigenvalue weighted by molar-refractivity contribution is -0.120. The lowest BCUT2D eigenvalue weighted by Gasteiger charge is -2.28. The molecule has 0 saturated heterocycles. The highest BCUT2D eigenvalue weighted by Gasteiger charge is 2.28. The Bertz CT molecular complexity index is 566. The Morgan fingerprint density at radius 3 is 2.89 bits per heavy atom. The average molecular weight is 244 g/mol. The van der Waals surface area contributed by atoms with Gasteiger partial charge in [-0.15, -0.1) is 5.10 Å². The van der Waals surface area contributed by atoms with Crippen LogP contribution >= 0.6 is 0 Å². The highest BCUT2D eigenvalue weighted by atomic mass is 16.1. The summed E-state index contributed by atoms with van der Waals surface area (Å²) in [5.41, 5.74) is 2.66. The van der Waals surface area contributed by atoms with Crippen LogP contribution in [0.4, 0.5) is 0 Å². The van der Waals surface area contributed by atoms with Crippen molar-refractivity contribution in [1.29, 1.82) is 0 Å². The van der Waals surface area contributed by atoms with Crippen LogP contribution < -0.4 is 0 Å². The van der Waals surface area contributed by atoms with Crippen molar-refractivity contribution >= 4 is 6.41 Å². The molecule has 1 aliphatic heterocycles. The Balaban J connectivity index is 2.05. The molecule has 3 heterocycles. The van der Waals surface area contributed by atoms with Gasteiger partial charge in [0.15, 0.2) is 0 Å². The van der Waals surface area contributed by atoms with Crippen LogP contribution in [0.15, 0.2) is 18.7 Å². The molecule has 0 aliphatic carbocycles. The molecule has 1 atom stereocenters. The second-order valence-corrected chi connectivity index (χ2v) is 4.20. The van der Waals surface area contributed by atoms with E-state index in [0.29, 0.717) is 6.54 Å². The molecule has 0 bridgehead atoms. The van der Waals surface area contributed by atoms with Crippen LogP contribution in [-0.4, -0.2) is 42.8 Å². The first kappa shape index (κ1) is 10.8. The Hall–Kier alpha value is -2.31. The van der Waals surface area contributed by atoms with E-state index in [1.807, 2.05) is 6.92 Å². The maximum Gasteiger partial charge on any atom is 0.210 e. The number of carbonyl (C=O) groups excluding carboxylic acids is 1. The standard InChI is InChI=1S/C11H12N6O/c1-8-11-10(2-3-16(8)7-18)17(15-14-11)9-4-12-6-13-5-9/h4-8H,2-3H2,1H3. The van der Waals surface area contributed by atoms with Gasteiger partial charge in [0.2, 0.25) is 6.41 Å². The molecular weight excluding hydrogens is 232 g/mol. The first-order valence-corrected chi connectivity index (χ1v) is 5.72. The molecule has 1 amide bonds. The molecule has 0 saturated carbocycles. The normalized spacial score (nSPS) is 18.5. The van der Waals surface area contributed by atoms with Crippen molar-refractivity contribution in [3.05, 3.63) is 30.1 Å². The maximum atomic E-state index is 10.9. The predicted octanol–water partition coefficient (Wildman–Crippen LogP) is 0.133. The quantitative estimate of drug-likeness (QED) is 0.702. The zero-order valence-electron chi connectivity index (χ0n) is 9.89. The smallest absolute Gasteiger partial charge is 0.210 e. The molecule has 0 aromatic carbocycles. The topological polar surface area (TPSA) is 76.8 Å². The highest BCUT2D eigenvalue weighted by Crippen LogP contribution is 2.27. The summed E-state index contributed by atoms with van der Waals surface area (Å²) in [4.78, 5) is 20.6.